The van der Waals surface area contributed by atoms with Crippen molar-refractivity contribution in [2.45, 2.75) is 32.7 Å². The van der Waals surface area contributed by atoms with E-state index in [4.69, 9.17) is 0 Å². The third-order valence-electron chi connectivity index (χ3n) is 4.54. The molecule has 0 saturated carbocycles. The lowest BCUT2D eigenvalue weighted by molar-refractivity contribution is -0.129. The van der Waals surface area contributed by atoms with Crippen LogP contribution in [0.4, 0.5) is 0 Å². The van der Waals surface area contributed by atoms with E-state index in [1.54, 1.807) is 0 Å². The normalized spacial score (nSPS) is 25.9. The van der Waals surface area contributed by atoms with E-state index in [-0.39, 0.29) is 0 Å². The first kappa shape index (κ1) is 13.3. The fourth-order valence-electron chi connectivity index (χ4n) is 3.45. The van der Waals surface area contributed by atoms with Crippen LogP contribution in [0.25, 0.3) is 0 Å². The van der Waals surface area contributed by atoms with E-state index in [1.807, 2.05) is 0 Å². The second kappa shape index (κ2) is 5.25. The van der Waals surface area contributed by atoms with Crippen LogP contribution in [-0.2, 0) is 0 Å². The summed E-state index contributed by atoms with van der Waals surface area (Å²) in [7, 11) is 4.35. The predicted molar refractivity (Wildman–Crippen MR) is 73.4 cm³/mol. The van der Waals surface area contributed by atoms with Gasteiger partial charge >= 0.3 is 0 Å². The third-order valence-corrected chi connectivity index (χ3v) is 4.54. The van der Waals surface area contributed by atoms with Crippen molar-refractivity contribution in [2.24, 2.45) is 5.41 Å². The average Bonchev–Trinajstić information content (AvgIpc) is 2.18. The van der Waals surface area contributed by atoms with E-state index < -0.39 is 0 Å². The Morgan fingerprint density at radius 2 is 1.76 bits per heavy atom. The van der Waals surface area contributed by atoms with Gasteiger partial charge in [-0.3, -0.25) is 4.90 Å². The molecule has 1 spiro atoms. The van der Waals surface area contributed by atoms with Crippen LogP contribution in [0.5, 0.6) is 0 Å². The average molecular weight is 239 g/mol. The van der Waals surface area contributed by atoms with Gasteiger partial charge in [0.1, 0.15) is 0 Å². The Bertz CT molecular complexity index is 238. The molecule has 3 heteroatoms. The summed E-state index contributed by atoms with van der Waals surface area (Å²) >= 11 is 0. The number of nitrogens with zero attached hydrogens (tertiary/aromatic N) is 3. The molecule has 0 aromatic rings. The minimum absolute atomic E-state index is 0.696. The Balaban J connectivity index is 1.70. The summed E-state index contributed by atoms with van der Waals surface area (Å²) in [5.41, 5.74) is 0.696. The molecule has 0 aromatic carbocycles. The molecule has 0 amide bonds. The van der Waals surface area contributed by atoms with E-state index in [0.717, 1.165) is 6.04 Å². The summed E-state index contributed by atoms with van der Waals surface area (Å²) in [5.74, 6) is 0. The molecule has 1 unspecified atom stereocenters. The standard InChI is InChI=1S/C14H29N3/c1-5-13(7-8-15(3)4)17-11-14(12-17)9-16(6-2)10-14/h13H,5-12H2,1-4H3. The van der Waals surface area contributed by atoms with Gasteiger partial charge in [-0.15, -0.1) is 0 Å². The second-order valence-electron chi connectivity index (χ2n) is 6.36. The van der Waals surface area contributed by atoms with Crippen molar-refractivity contribution in [2.75, 3.05) is 53.4 Å². The summed E-state index contributed by atoms with van der Waals surface area (Å²) in [6, 6.07) is 0.818. The van der Waals surface area contributed by atoms with Crippen molar-refractivity contribution in [3.8, 4) is 0 Å². The molecule has 0 N–H and O–H groups in total. The summed E-state index contributed by atoms with van der Waals surface area (Å²) in [4.78, 5) is 7.59. The monoisotopic (exact) mass is 239 g/mol. The topological polar surface area (TPSA) is 9.72 Å². The SMILES string of the molecule is CCC(CCN(C)C)N1CC2(CN(CC)C2)C1. The zero-order valence-corrected chi connectivity index (χ0v) is 12.1. The molecule has 0 aromatic heterocycles. The van der Waals surface area contributed by atoms with E-state index in [0.29, 0.717) is 5.41 Å². The second-order valence-corrected chi connectivity index (χ2v) is 6.36. The molecule has 2 heterocycles. The highest BCUT2D eigenvalue weighted by Crippen LogP contribution is 2.41. The molecule has 2 aliphatic rings. The Kier molecular flexibility index (Phi) is 4.11. The fraction of sp³-hybridized carbons (Fsp3) is 1.00. The molecule has 17 heavy (non-hydrogen) atoms. The van der Waals surface area contributed by atoms with E-state index >= 15 is 0 Å². The van der Waals surface area contributed by atoms with Crippen LogP contribution < -0.4 is 0 Å². The van der Waals surface area contributed by atoms with Gasteiger partial charge in [0.15, 0.2) is 0 Å². The molecule has 0 bridgehead atoms. The molecule has 0 aliphatic carbocycles. The Labute approximate surface area is 107 Å². The number of hydrogen-bond donors (Lipinski definition) is 0. The Morgan fingerprint density at radius 3 is 2.24 bits per heavy atom. The lowest BCUT2D eigenvalue weighted by Crippen LogP contribution is -2.73. The van der Waals surface area contributed by atoms with Crippen LogP contribution in [0.2, 0.25) is 0 Å². The first-order chi connectivity index (χ1) is 8.08. The zero-order valence-electron chi connectivity index (χ0n) is 12.1. The van der Waals surface area contributed by atoms with Crippen molar-refractivity contribution in [3.63, 3.8) is 0 Å². The quantitative estimate of drug-likeness (QED) is 0.693. The van der Waals surface area contributed by atoms with Gasteiger partial charge in [-0.1, -0.05) is 13.8 Å². The maximum absolute atomic E-state index is 2.72. The summed E-state index contributed by atoms with van der Waals surface area (Å²) < 4.78 is 0. The summed E-state index contributed by atoms with van der Waals surface area (Å²) in [6.45, 7) is 12.5. The maximum Gasteiger partial charge on any atom is 0.0212 e. The van der Waals surface area contributed by atoms with Crippen molar-refractivity contribution in [1.29, 1.82) is 0 Å². The highest BCUT2D eigenvalue weighted by atomic mass is 15.3. The minimum Gasteiger partial charge on any atom is -0.309 e. The maximum atomic E-state index is 2.72. The Hall–Kier alpha value is -0.120. The lowest BCUT2D eigenvalue weighted by Gasteiger charge is -2.62. The van der Waals surface area contributed by atoms with Gasteiger partial charge in [0.25, 0.3) is 0 Å². The highest BCUT2D eigenvalue weighted by molar-refractivity contribution is 5.06. The van der Waals surface area contributed by atoms with Crippen molar-refractivity contribution < 1.29 is 0 Å². The van der Waals surface area contributed by atoms with Gasteiger partial charge in [0.2, 0.25) is 0 Å². The number of hydrogen-bond acceptors (Lipinski definition) is 3. The van der Waals surface area contributed by atoms with Crippen LogP contribution in [0.15, 0.2) is 0 Å². The van der Waals surface area contributed by atoms with Gasteiger partial charge in [0, 0.05) is 37.6 Å². The molecule has 2 fully saturated rings. The van der Waals surface area contributed by atoms with Crippen molar-refractivity contribution in [1.82, 2.24) is 14.7 Å². The minimum atomic E-state index is 0.696. The van der Waals surface area contributed by atoms with Gasteiger partial charge in [-0.2, -0.15) is 0 Å². The molecule has 3 nitrogen and oxygen atoms in total. The first-order valence-corrected chi connectivity index (χ1v) is 7.19. The zero-order chi connectivity index (χ0) is 12.5. The van der Waals surface area contributed by atoms with Gasteiger partial charge in [-0.05, 0) is 40.0 Å². The smallest absolute Gasteiger partial charge is 0.0212 e. The molecule has 1 atom stereocenters. The largest absolute Gasteiger partial charge is 0.309 e. The number of rotatable bonds is 6. The molecule has 2 aliphatic heterocycles. The molecule has 2 saturated heterocycles. The van der Waals surface area contributed by atoms with Gasteiger partial charge < -0.3 is 9.80 Å². The van der Waals surface area contributed by atoms with Crippen LogP contribution in [-0.4, -0.2) is 74.1 Å². The summed E-state index contributed by atoms with van der Waals surface area (Å²) in [6.07, 6.45) is 2.64. The van der Waals surface area contributed by atoms with Crippen LogP contribution in [0.1, 0.15) is 26.7 Å². The lowest BCUT2D eigenvalue weighted by atomic mass is 9.72. The predicted octanol–water partition coefficient (Wildman–Crippen LogP) is 1.35. The molecule has 2 rings (SSSR count). The number of likely N-dealkylation sites (tertiary alicyclic amines) is 2. The van der Waals surface area contributed by atoms with Crippen LogP contribution >= 0.6 is 0 Å². The molecule has 0 radical (unpaired) electrons. The van der Waals surface area contributed by atoms with E-state index in [9.17, 15) is 0 Å². The van der Waals surface area contributed by atoms with Crippen LogP contribution in [0.3, 0.4) is 0 Å². The first-order valence-electron chi connectivity index (χ1n) is 7.19. The van der Waals surface area contributed by atoms with Crippen molar-refractivity contribution >= 4 is 0 Å². The fourth-order valence-corrected chi connectivity index (χ4v) is 3.45. The van der Waals surface area contributed by atoms with Crippen LogP contribution in [0, 0.1) is 5.41 Å². The molecule has 100 valence electrons. The Morgan fingerprint density at radius 1 is 1.12 bits per heavy atom. The van der Waals surface area contributed by atoms with Gasteiger partial charge in [0.05, 0.1) is 0 Å². The molecular weight excluding hydrogens is 210 g/mol. The van der Waals surface area contributed by atoms with E-state index in [1.165, 1.54) is 52.1 Å². The highest BCUT2D eigenvalue weighted by Gasteiger charge is 2.51. The van der Waals surface area contributed by atoms with E-state index in [2.05, 4.69) is 42.6 Å². The van der Waals surface area contributed by atoms with Crippen molar-refractivity contribution in [3.05, 3.63) is 0 Å². The third kappa shape index (κ3) is 2.83. The molecular formula is C14H29N3. The van der Waals surface area contributed by atoms with Gasteiger partial charge in [-0.25, -0.2) is 0 Å². The summed E-state index contributed by atoms with van der Waals surface area (Å²) in [5, 5.41) is 0.